The molecule has 1 rings (SSSR count). The van der Waals surface area contributed by atoms with Crippen LogP contribution in [0.15, 0.2) is 0 Å². The van der Waals surface area contributed by atoms with Crippen molar-refractivity contribution in [3.05, 3.63) is 0 Å². The molecule has 5 heteroatoms. The minimum Gasteiger partial charge on any atom is -0.298 e. The summed E-state index contributed by atoms with van der Waals surface area (Å²) in [4.78, 5) is 13.5. The normalized spacial score (nSPS) is 22.6. The van der Waals surface area contributed by atoms with Gasteiger partial charge in [-0.1, -0.05) is 13.3 Å². The molecule has 1 fully saturated rings. The first-order valence-electron chi connectivity index (χ1n) is 6.41. The van der Waals surface area contributed by atoms with Crippen molar-refractivity contribution >= 4 is 15.6 Å². The van der Waals surface area contributed by atoms with Crippen LogP contribution in [0, 0.1) is 0 Å². The highest BCUT2D eigenvalue weighted by molar-refractivity contribution is 7.91. The van der Waals surface area contributed by atoms with Crippen LogP contribution in [0.3, 0.4) is 0 Å². The van der Waals surface area contributed by atoms with Crippen LogP contribution in [0.1, 0.15) is 39.5 Å². The molecular formula is C12H23NO3S. The average molecular weight is 261 g/mol. The molecule has 0 saturated carbocycles. The van der Waals surface area contributed by atoms with Gasteiger partial charge in [0.15, 0.2) is 9.84 Å². The van der Waals surface area contributed by atoms with E-state index >= 15 is 0 Å². The number of rotatable bonds is 6. The van der Waals surface area contributed by atoms with Crippen LogP contribution >= 0.6 is 0 Å². The summed E-state index contributed by atoms with van der Waals surface area (Å²) in [5.41, 5.74) is 0. The van der Waals surface area contributed by atoms with Crippen molar-refractivity contribution in [1.82, 2.24) is 4.90 Å². The molecule has 0 aromatic heterocycles. The lowest BCUT2D eigenvalue weighted by molar-refractivity contribution is -0.123. The maximum absolute atomic E-state index is 11.6. The van der Waals surface area contributed by atoms with Crippen LogP contribution in [0.4, 0.5) is 0 Å². The van der Waals surface area contributed by atoms with E-state index in [4.69, 9.17) is 0 Å². The second-order valence-electron chi connectivity index (χ2n) is 4.81. The Hall–Kier alpha value is -0.420. The van der Waals surface area contributed by atoms with Crippen LogP contribution in [-0.2, 0) is 14.6 Å². The lowest BCUT2D eigenvalue weighted by Crippen LogP contribution is -2.45. The quantitative estimate of drug-likeness (QED) is 0.722. The molecule has 1 heterocycles. The van der Waals surface area contributed by atoms with Crippen molar-refractivity contribution in [2.75, 3.05) is 24.6 Å². The largest absolute Gasteiger partial charge is 0.298 e. The second kappa shape index (κ2) is 6.50. The van der Waals surface area contributed by atoms with Gasteiger partial charge >= 0.3 is 0 Å². The average Bonchev–Trinajstić information content (AvgIpc) is 2.27. The van der Waals surface area contributed by atoms with Crippen molar-refractivity contribution in [2.45, 2.75) is 45.6 Å². The van der Waals surface area contributed by atoms with Gasteiger partial charge in [0, 0.05) is 12.3 Å². The molecule has 4 nitrogen and oxygen atoms in total. The van der Waals surface area contributed by atoms with E-state index in [1.807, 2.05) is 11.8 Å². The predicted octanol–water partition coefficient (Wildman–Crippen LogP) is 1.25. The van der Waals surface area contributed by atoms with Gasteiger partial charge in [0.25, 0.3) is 0 Å². The van der Waals surface area contributed by atoms with E-state index in [0.29, 0.717) is 13.0 Å². The Morgan fingerprint density at radius 3 is 2.59 bits per heavy atom. The SMILES string of the molecule is CCCS(=O)(=O)CCN1CCCCC1C(C)=O. The van der Waals surface area contributed by atoms with E-state index in [0.717, 1.165) is 25.8 Å². The number of Topliss-reactive ketones (excluding diaryl/α,β-unsaturated/α-hetero) is 1. The number of carbonyl (C=O) groups is 1. The molecular weight excluding hydrogens is 238 g/mol. The van der Waals surface area contributed by atoms with E-state index in [-0.39, 0.29) is 23.3 Å². The van der Waals surface area contributed by atoms with Gasteiger partial charge in [0.05, 0.1) is 11.8 Å². The van der Waals surface area contributed by atoms with Crippen LogP contribution in [0.2, 0.25) is 0 Å². The molecule has 17 heavy (non-hydrogen) atoms. The first-order valence-corrected chi connectivity index (χ1v) is 8.23. The maximum Gasteiger partial charge on any atom is 0.151 e. The number of carbonyl (C=O) groups excluding carboxylic acids is 1. The Balaban J connectivity index is 2.51. The highest BCUT2D eigenvalue weighted by Crippen LogP contribution is 2.17. The van der Waals surface area contributed by atoms with E-state index in [1.54, 1.807) is 6.92 Å². The first-order chi connectivity index (χ1) is 7.96. The summed E-state index contributed by atoms with van der Waals surface area (Å²) in [7, 11) is -2.93. The monoisotopic (exact) mass is 261 g/mol. The fraction of sp³-hybridized carbons (Fsp3) is 0.917. The molecule has 1 aliphatic heterocycles. The Morgan fingerprint density at radius 2 is 2.00 bits per heavy atom. The fourth-order valence-electron chi connectivity index (χ4n) is 2.39. The molecule has 1 atom stereocenters. The topological polar surface area (TPSA) is 54.5 Å². The van der Waals surface area contributed by atoms with Crippen molar-refractivity contribution in [2.24, 2.45) is 0 Å². The number of likely N-dealkylation sites (tertiary alicyclic amines) is 1. The molecule has 0 amide bonds. The third kappa shape index (κ3) is 4.76. The molecule has 1 saturated heterocycles. The summed E-state index contributed by atoms with van der Waals surface area (Å²) >= 11 is 0. The Bertz CT molecular complexity index is 351. The zero-order valence-corrected chi connectivity index (χ0v) is 11.6. The molecule has 1 aliphatic rings. The highest BCUT2D eigenvalue weighted by Gasteiger charge is 2.26. The second-order valence-corrected chi connectivity index (χ2v) is 7.11. The summed E-state index contributed by atoms with van der Waals surface area (Å²) in [5, 5.41) is 0. The number of ketones is 1. The summed E-state index contributed by atoms with van der Waals surface area (Å²) in [6.07, 6.45) is 3.68. The fourth-order valence-corrected chi connectivity index (χ4v) is 3.73. The smallest absolute Gasteiger partial charge is 0.151 e. The Labute approximate surface area is 104 Å². The molecule has 0 aliphatic carbocycles. The van der Waals surface area contributed by atoms with Crippen LogP contribution in [0.5, 0.6) is 0 Å². The van der Waals surface area contributed by atoms with E-state index in [1.165, 1.54) is 0 Å². The third-order valence-corrected chi connectivity index (χ3v) is 5.12. The molecule has 0 bridgehead atoms. The van der Waals surface area contributed by atoms with E-state index in [9.17, 15) is 13.2 Å². The third-order valence-electron chi connectivity index (χ3n) is 3.29. The molecule has 100 valence electrons. The molecule has 0 aromatic carbocycles. The summed E-state index contributed by atoms with van der Waals surface area (Å²) < 4.78 is 23.3. The molecule has 0 aromatic rings. The maximum atomic E-state index is 11.6. The van der Waals surface area contributed by atoms with Gasteiger partial charge in [-0.2, -0.15) is 0 Å². The molecule has 0 spiro atoms. The first kappa shape index (κ1) is 14.6. The highest BCUT2D eigenvalue weighted by atomic mass is 32.2. The van der Waals surface area contributed by atoms with Crippen molar-refractivity contribution < 1.29 is 13.2 Å². The number of sulfone groups is 1. The standard InChI is InChI=1S/C12H23NO3S/c1-3-9-17(15,16)10-8-13-7-5-4-6-12(13)11(2)14/h12H,3-10H2,1-2H3. The lowest BCUT2D eigenvalue weighted by Gasteiger charge is -2.33. The minimum atomic E-state index is -2.93. The minimum absolute atomic E-state index is 0.0550. The zero-order valence-electron chi connectivity index (χ0n) is 10.8. The molecule has 0 N–H and O–H groups in total. The van der Waals surface area contributed by atoms with Gasteiger partial charge in [-0.3, -0.25) is 9.69 Å². The number of nitrogens with zero attached hydrogens (tertiary/aromatic N) is 1. The van der Waals surface area contributed by atoms with Gasteiger partial charge in [-0.25, -0.2) is 8.42 Å². The Kier molecular flexibility index (Phi) is 5.59. The number of hydrogen-bond acceptors (Lipinski definition) is 4. The predicted molar refractivity (Wildman–Crippen MR) is 68.8 cm³/mol. The molecule has 1 unspecified atom stereocenters. The van der Waals surface area contributed by atoms with Gasteiger partial charge in [0.1, 0.15) is 5.78 Å². The number of piperidine rings is 1. The van der Waals surface area contributed by atoms with E-state index in [2.05, 4.69) is 0 Å². The number of hydrogen-bond donors (Lipinski definition) is 0. The van der Waals surface area contributed by atoms with Crippen molar-refractivity contribution in [1.29, 1.82) is 0 Å². The van der Waals surface area contributed by atoms with Gasteiger partial charge in [0.2, 0.25) is 0 Å². The van der Waals surface area contributed by atoms with Gasteiger partial charge in [-0.15, -0.1) is 0 Å². The van der Waals surface area contributed by atoms with Gasteiger partial charge < -0.3 is 0 Å². The Morgan fingerprint density at radius 1 is 1.29 bits per heavy atom. The summed E-state index contributed by atoms with van der Waals surface area (Å²) in [6.45, 7) is 4.83. The van der Waals surface area contributed by atoms with Gasteiger partial charge in [-0.05, 0) is 32.7 Å². The van der Waals surface area contributed by atoms with Crippen LogP contribution in [0.25, 0.3) is 0 Å². The van der Waals surface area contributed by atoms with E-state index < -0.39 is 9.84 Å². The van der Waals surface area contributed by atoms with Crippen molar-refractivity contribution in [3.8, 4) is 0 Å². The lowest BCUT2D eigenvalue weighted by atomic mass is 9.99. The zero-order chi connectivity index (χ0) is 12.9. The summed E-state index contributed by atoms with van der Waals surface area (Å²) in [5.74, 6) is 0.605. The van der Waals surface area contributed by atoms with Crippen LogP contribution in [-0.4, -0.2) is 49.7 Å². The van der Waals surface area contributed by atoms with Crippen LogP contribution < -0.4 is 0 Å². The summed E-state index contributed by atoms with van der Waals surface area (Å²) in [6, 6.07) is -0.0550. The molecule has 0 radical (unpaired) electrons. The van der Waals surface area contributed by atoms with Crippen molar-refractivity contribution in [3.63, 3.8) is 0 Å².